The number of hydrogen-bond acceptors (Lipinski definition) is 4. The van der Waals surface area contributed by atoms with Gasteiger partial charge >= 0.3 is 0 Å². The van der Waals surface area contributed by atoms with Crippen molar-refractivity contribution in [3.05, 3.63) is 11.7 Å². The zero-order valence-corrected chi connectivity index (χ0v) is 5.87. The quantitative estimate of drug-likeness (QED) is 0.509. The lowest BCUT2D eigenvalue weighted by molar-refractivity contribution is -0.106. The Morgan fingerprint density at radius 3 is 2.20 bits per heavy atom. The van der Waals surface area contributed by atoms with Crippen molar-refractivity contribution in [2.24, 2.45) is 5.73 Å². The van der Waals surface area contributed by atoms with Crippen LogP contribution < -0.4 is 5.73 Å². The van der Waals surface area contributed by atoms with Crippen LogP contribution in [0.5, 0.6) is 0 Å². The molecule has 0 aliphatic rings. The van der Waals surface area contributed by atoms with E-state index in [1.165, 1.54) is 0 Å². The molecule has 1 aromatic heterocycles. The summed E-state index contributed by atoms with van der Waals surface area (Å²) in [4.78, 5) is 12.4. The van der Waals surface area contributed by atoms with E-state index in [1.54, 1.807) is 13.8 Å². The number of primary amides is 1. The fourth-order valence-electron chi connectivity index (χ4n) is 0.401. The highest BCUT2D eigenvalue weighted by molar-refractivity contribution is 5.42. The highest BCUT2D eigenvalue weighted by Crippen LogP contribution is 1.89. The van der Waals surface area contributed by atoms with Crippen molar-refractivity contribution in [1.82, 2.24) is 10.1 Å². The van der Waals surface area contributed by atoms with Crippen molar-refractivity contribution < 1.29 is 9.32 Å². The van der Waals surface area contributed by atoms with Crippen LogP contribution in [-0.2, 0) is 4.79 Å². The molecule has 0 radical (unpaired) electrons. The van der Waals surface area contributed by atoms with Gasteiger partial charge in [-0.05, 0) is 6.92 Å². The highest BCUT2D eigenvalue weighted by Gasteiger charge is 1.89. The first-order valence-corrected chi connectivity index (χ1v) is 2.63. The van der Waals surface area contributed by atoms with E-state index < -0.39 is 0 Å². The number of nitrogens with zero attached hydrogens (tertiary/aromatic N) is 2. The largest absolute Gasteiger partial charge is 0.372 e. The minimum absolute atomic E-state index is 0.250. The number of hydrogen-bond donors (Lipinski definition) is 1. The maximum absolute atomic E-state index is 8.58. The van der Waals surface area contributed by atoms with Crippen molar-refractivity contribution >= 4 is 6.41 Å². The molecule has 1 aromatic rings. The lowest BCUT2D eigenvalue weighted by atomic mass is 10.7. The molecule has 1 heterocycles. The van der Waals surface area contributed by atoms with Crippen LogP contribution in [0.15, 0.2) is 4.52 Å². The molecular weight excluding hydrogens is 134 g/mol. The van der Waals surface area contributed by atoms with Gasteiger partial charge in [0.1, 0.15) is 0 Å². The smallest absolute Gasteiger partial charge is 0.223 e. The topological polar surface area (TPSA) is 82.0 Å². The maximum atomic E-state index is 8.58. The molecule has 0 saturated carbocycles. The SMILES string of the molecule is Cc1noc(C)n1.NC=O. The molecule has 0 spiro atoms. The standard InChI is InChI=1S/C4H6N2O.CH3NO/c1-3-5-4(2)7-6-3;2-1-3/h1-2H3;1H,(H2,2,3). The molecule has 56 valence electrons. The van der Waals surface area contributed by atoms with Crippen molar-refractivity contribution in [2.75, 3.05) is 0 Å². The Bertz CT molecular complexity index is 180. The van der Waals surface area contributed by atoms with Crippen molar-refractivity contribution in [3.63, 3.8) is 0 Å². The summed E-state index contributed by atoms with van der Waals surface area (Å²) in [5.74, 6) is 1.31. The fraction of sp³-hybridized carbons (Fsp3) is 0.400. The van der Waals surface area contributed by atoms with Gasteiger partial charge in [-0.2, -0.15) is 4.98 Å². The number of aryl methyl sites for hydroxylation is 2. The summed E-state index contributed by atoms with van der Waals surface area (Å²) in [6.45, 7) is 3.55. The number of nitrogens with two attached hydrogens (primary N) is 1. The Balaban J connectivity index is 0.000000236. The summed E-state index contributed by atoms with van der Waals surface area (Å²) in [5, 5.41) is 3.53. The first kappa shape index (κ1) is 8.61. The molecule has 10 heavy (non-hydrogen) atoms. The normalized spacial score (nSPS) is 7.80. The van der Waals surface area contributed by atoms with Gasteiger partial charge in [-0.3, -0.25) is 4.79 Å². The highest BCUT2D eigenvalue weighted by atomic mass is 16.5. The lowest BCUT2D eigenvalue weighted by Gasteiger charge is -1.64. The second kappa shape index (κ2) is 4.49. The Morgan fingerprint density at radius 1 is 1.60 bits per heavy atom. The number of carbonyl (C=O) groups excluding carboxylic acids is 1. The fourth-order valence-corrected chi connectivity index (χ4v) is 0.401. The molecule has 0 saturated heterocycles. The molecule has 0 aliphatic carbocycles. The first-order valence-electron chi connectivity index (χ1n) is 2.63. The van der Waals surface area contributed by atoms with Crippen LogP contribution in [0.4, 0.5) is 0 Å². The molecule has 5 heteroatoms. The van der Waals surface area contributed by atoms with Crippen LogP contribution in [0.25, 0.3) is 0 Å². The van der Waals surface area contributed by atoms with E-state index in [0.717, 1.165) is 0 Å². The minimum atomic E-state index is 0.250. The molecule has 0 bridgehead atoms. The molecule has 5 nitrogen and oxygen atoms in total. The molecule has 2 N–H and O–H groups in total. The number of carbonyl (C=O) groups is 1. The molecule has 0 fully saturated rings. The Hall–Kier alpha value is -1.39. The van der Waals surface area contributed by atoms with Crippen molar-refractivity contribution in [2.45, 2.75) is 13.8 Å². The summed E-state index contributed by atoms with van der Waals surface area (Å²) in [7, 11) is 0. The molecule has 0 aromatic carbocycles. The lowest BCUT2D eigenvalue weighted by Crippen LogP contribution is -1.82. The monoisotopic (exact) mass is 143 g/mol. The Kier molecular flexibility index (Phi) is 3.86. The minimum Gasteiger partial charge on any atom is -0.372 e. The van der Waals surface area contributed by atoms with E-state index in [2.05, 4.69) is 20.4 Å². The zero-order chi connectivity index (χ0) is 7.98. The van der Waals surface area contributed by atoms with Crippen LogP contribution in [0.1, 0.15) is 11.7 Å². The van der Waals surface area contributed by atoms with Crippen molar-refractivity contribution in [1.29, 1.82) is 0 Å². The van der Waals surface area contributed by atoms with Crippen LogP contribution in [0, 0.1) is 13.8 Å². The second-order valence-electron chi connectivity index (χ2n) is 1.50. The third-order valence-electron chi connectivity index (χ3n) is 0.629. The zero-order valence-electron chi connectivity index (χ0n) is 5.87. The third kappa shape index (κ3) is 3.59. The van der Waals surface area contributed by atoms with E-state index in [9.17, 15) is 0 Å². The molecule has 0 atom stereocenters. The number of rotatable bonds is 0. The maximum Gasteiger partial charge on any atom is 0.223 e. The summed E-state index contributed by atoms with van der Waals surface area (Å²) in [5.41, 5.74) is 4.17. The van der Waals surface area contributed by atoms with Gasteiger partial charge < -0.3 is 10.3 Å². The van der Waals surface area contributed by atoms with E-state index in [4.69, 9.17) is 4.79 Å². The molecule has 1 amide bonds. The van der Waals surface area contributed by atoms with Gasteiger partial charge in [0.15, 0.2) is 5.82 Å². The van der Waals surface area contributed by atoms with Crippen LogP contribution in [0.3, 0.4) is 0 Å². The van der Waals surface area contributed by atoms with Gasteiger partial charge in [-0.25, -0.2) is 0 Å². The predicted octanol–water partition coefficient (Wildman–Crippen LogP) is -0.212. The second-order valence-corrected chi connectivity index (χ2v) is 1.50. The number of amides is 1. The molecule has 0 unspecified atom stereocenters. The average Bonchev–Trinajstić information content (AvgIpc) is 2.17. The van der Waals surface area contributed by atoms with Gasteiger partial charge in [-0.1, -0.05) is 5.16 Å². The summed E-state index contributed by atoms with van der Waals surface area (Å²) < 4.78 is 4.60. The summed E-state index contributed by atoms with van der Waals surface area (Å²) in [6, 6.07) is 0. The van der Waals surface area contributed by atoms with Crippen molar-refractivity contribution in [3.8, 4) is 0 Å². The van der Waals surface area contributed by atoms with Gasteiger partial charge in [0.2, 0.25) is 12.3 Å². The Labute approximate surface area is 58.2 Å². The van der Waals surface area contributed by atoms with Crippen LogP contribution in [-0.4, -0.2) is 16.6 Å². The van der Waals surface area contributed by atoms with E-state index in [0.29, 0.717) is 11.7 Å². The van der Waals surface area contributed by atoms with Gasteiger partial charge in [0, 0.05) is 6.92 Å². The van der Waals surface area contributed by atoms with E-state index in [1.807, 2.05) is 0 Å². The first-order chi connectivity index (χ1) is 4.70. The number of aromatic nitrogens is 2. The molecule has 1 rings (SSSR count). The molecular formula is C5H9N3O2. The molecule has 0 aliphatic heterocycles. The summed E-state index contributed by atoms with van der Waals surface area (Å²) in [6.07, 6.45) is 0.250. The van der Waals surface area contributed by atoms with Gasteiger partial charge in [-0.15, -0.1) is 0 Å². The van der Waals surface area contributed by atoms with Gasteiger partial charge in [0.05, 0.1) is 0 Å². The van der Waals surface area contributed by atoms with E-state index in [-0.39, 0.29) is 6.41 Å². The van der Waals surface area contributed by atoms with Crippen LogP contribution >= 0.6 is 0 Å². The van der Waals surface area contributed by atoms with E-state index >= 15 is 0 Å². The summed E-state index contributed by atoms with van der Waals surface area (Å²) >= 11 is 0. The average molecular weight is 143 g/mol. The third-order valence-corrected chi connectivity index (χ3v) is 0.629. The Morgan fingerprint density at radius 2 is 2.10 bits per heavy atom. The van der Waals surface area contributed by atoms with Gasteiger partial charge in [0.25, 0.3) is 0 Å². The van der Waals surface area contributed by atoms with Crippen LogP contribution in [0.2, 0.25) is 0 Å². The predicted molar refractivity (Wildman–Crippen MR) is 34.0 cm³/mol.